The van der Waals surface area contributed by atoms with Crippen molar-refractivity contribution in [3.05, 3.63) is 0 Å². The van der Waals surface area contributed by atoms with Crippen LogP contribution in [0.4, 0.5) is 0 Å². The molecule has 2 unspecified atom stereocenters. The first-order chi connectivity index (χ1) is 11.5. The van der Waals surface area contributed by atoms with E-state index in [-0.39, 0.29) is 23.0 Å². The van der Waals surface area contributed by atoms with Crippen molar-refractivity contribution in [3.8, 4) is 0 Å². The average Bonchev–Trinajstić information content (AvgIpc) is 2.35. The number of rotatable bonds is 1. The van der Waals surface area contributed by atoms with Crippen LogP contribution < -0.4 is 5.32 Å². The molecule has 0 aliphatic heterocycles. The summed E-state index contributed by atoms with van der Waals surface area (Å²) in [4.78, 5) is 0. The Labute approximate surface area is 173 Å². The van der Waals surface area contributed by atoms with Crippen LogP contribution in [-0.4, -0.2) is 35.0 Å². The Hall–Kier alpha value is -0.120. The Morgan fingerprint density at radius 3 is 0.926 bits per heavy atom. The monoisotopic (exact) mass is 391 g/mol. The van der Waals surface area contributed by atoms with Gasteiger partial charge in [-0.2, -0.15) is 0 Å². The first kappa shape index (κ1) is 34.4. The van der Waals surface area contributed by atoms with E-state index >= 15 is 0 Å². The van der Waals surface area contributed by atoms with Gasteiger partial charge in [-0.15, -0.1) is 0 Å². The van der Waals surface area contributed by atoms with Gasteiger partial charge in [-0.25, -0.2) is 0 Å². The summed E-state index contributed by atoms with van der Waals surface area (Å²) < 4.78 is 0. The van der Waals surface area contributed by atoms with E-state index in [0.29, 0.717) is 11.0 Å². The molecule has 0 aliphatic carbocycles. The molecular weight excluding hydrogens is 334 g/mol. The second-order valence-corrected chi connectivity index (χ2v) is 12.1. The van der Waals surface area contributed by atoms with E-state index in [9.17, 15) is 0 Å². The minimum absolute atomic E-state index is 0.0556. The van der Waals surface area contributed by atoms with Gasteiger partial charge < -0.3 is 15.5 Å². The summed E-state index contributed by atoms with van der Waals surface area (Å²) in [5.74, 6) is 0. The Morgan fingerprint density at radius 2 is 0.926 bits per heavy atom. The SMILES string of the molecule is CC(O)C(C)(C)C.CC(O)CC(C)(C)C.CCC(C)(C)C.CNC(C)(C)C. The summed E-state index contributed by atoms with van der Waals surface area (Å²) in [5, 5.41) is 20.9. The highest BCUT2D eigenvalue weighted by Gasteiger charge is 2.15. The Morgan fingerprint density at radius 1 is 0.704 bits per heavy atom. The minimum atomic E-state index is -0.201. The number of aliphatic hydroxyl groups is 2. The third kappa shape index (κ3) is 51.8. The van der Waals surface area contributed by atoms with Crippen LogP contribution in [0.15, 0.2) is 0 Å². The second kappa shape index (κ2) is 14.8. The first-order valence-corrected chi connectivity index (χ1v) is 10.5. The molecule has 0 aromatic heterocycles. The molecule has 2 atom stereocenters. The van der Waals surface area contributed by atoms with Crippen molar-refractivity contribution in [1.82, 2.24) is 5.32 Å². The van der Waals surface area contributed by atoms with Crippen molar-refractivity contribution >= 4 is 0 Å². The van der Waals surface area contributed by atoms with Crippen molar-refractivity contribution in [2.24, 2.45) is 16.2 Å². The lowest BCUT2D eigenvalue weighted by Crippen LogP contribution is -2.31. The molecule has 3 nitrogen and oxygen atoms in total. The zero-order valence-electron chi connectivity index (χ0n) is 22.0. The summed E-state index contributed by atoms with van der Waals surface area (Å²) in [6.45, 7) is 31.4. The van der Waals surface area contributed by atoms with Gasteiger partial charge in [-0.3, -0.25) is 0 Å². The smallest absolute Gasteiger partial charge is 0.0560 e. The predicted molar refractivity (Wildman–Crippen MR) is 125 cm³/mol. The molecule has 3 N–H and O–H groups in total. The number of hydrogen-bond donors (Lipinski definition) is 3. The average molecular weight is 392 g/mol. The second-order valence-electron chi connectivity index (χ2n) is 12.1. The Bertz CT molecular complexity index is 293. The predicted octanol–water partition coefficient (Wildman–Crippen LogP) is 6.66. The molecule has 0 bridgehead atoms. The summed E-state index contributed by atoms with van der Waals surface area (Å²) >= 11 is 0. The number of aliphatic hydroxyl groups excluding tert-OH is 2. The van der Waals surface area contributed by atoms with Crippen molar-refractivity contribution in [2.75, 3.05) is 7.05 Å². The molecule has 0 saturated carbocycles. The molecule has 0 spiro atoms. The lowest BCUT2D eigenvalue weighted by molar-refractivity contribution is 0.0801. The van der Waals surface area contributed by atoms with Gasteiger partial charge in [-0.05, 0) is 64.3 Å². The van der Waals surface area contributed by atoms with E-state index in [1.807, 2.05) is 34.7 Å². The van der Waals surface area contributed by atoms with Crippen LogP contribution in [0, 0.1) is 16.2 Å². The van der Waals surface area contributed by atoms with Crippen LogP contribution in [-0.2, 0) is 0 Å². The maximum Gasteiger partial charge on any atom is 0.0560 e. The van der Waals surface area contributed by atoms with E-state index in [2.05, 4.69) is 74.6 Å². The molecule has 170 valence electrons. The summed E-state index contributed by atoms with van der Waals surface area (Å²) in [6.07, 6.45) is 1.79. The third-order valence-corrected chi connectivity index (χ3v) is 3.97. The summed E-state index contributed by atoms with van der Waals surface area (Å²) in [7, 11) is 1.96. The van der Waals surface area contributed by atoms with Gasteiger partial charge >= 0.3 is 0 Å². The molecular formula is C24H57NO2. The van der Waals surface area contributed by atoms with Crippen LogP contribution in [0.25, 0.3) is 0 Å². The maximum absolute atomic E-state index is 8.89. The van der Waals surface area contributed by atoms with Crippen molar-refractivity contribution in [3.63, 3.8) is 0 Å². The zero-order valence-corrected chi connectivity index (χ0v) is 22.0. The maximum atomic E-state index is 8.89. The highest BCUT2D eigenvalue weighted by molar-refractivity contribution is 4.66. The van der Waals surface area contributed by atoms with Crippen molar-refractivity contribution in [2.45, 2.75) is 134 Å². The topological polar surface area (TPSA) is 52.5 Å². The molecule has 0 heterocycles. The molecule has 0 saturated heterocycles. The van der Waals surface area contributed by atoms with Gasteiger partial charge in [0, 0.05) is 5.54 Å². The molecule has 0 fully saturated rings. The Balaban J connectivity index is -0.000000132. The zero-order chi connectivity index (χ0) is 23.3. The van der Waals surface area contributed by atoms with Crippen LogP contribution in [0.2, 0.25) is 0 Å². The largest absolute Gasteiger partial charge is 0.393 e. The van der Waals surface area contributed by atoms with E-state index in [4.69, 9.17) is 10.2 Å². The van der Waals surface area contributed by atoms with E-state index < -0.39 is 0 Å². The van der Waals surface area contributed by atoms with Crippen molar-refractivity contribution < 1.29 is 10.2 Å². The van der Waals surface area contributed by atoms with Crippen LogP contribution in [0.1, 0.15) is 117 Å². The van der Waals surface area contributed by atoms with E-state index in [0.717, 1.165) is 6.42 Å². The van der Waals surface area contributed by atoms with Crippen LogP contribution in [0.5, 0.6) is 0 Å². The van der Waals surface area contributed by atoms with Gasteiger partial charge in [0.05, 0.1) is 12.2 Å². The molecule has 0 aromatic carbocycles. The number of hydrogen-bond acceptors (Lipinski definition) is 3. The van der Waals surface area contributed by atoms with Gasteiger partial charge in [-0.1, -0.05) is 75.7 Å². The highest BCUT2D eigenvalue weighted by atomic mass is 16.3. The van der Waals surface area contributed by atoms with E-state index in [1.54, 1.807) is 6.92 Å². The van der Waals surface area contributed by atoms with E-state index in [1.165, 1.54) is 6.42 Å². The van der Waals surface area contributed by atoms with Gasteiger partial charge in [0.25, 0.3) is 0 Å². The molecule has 27 heavy (non-hydrogen) atoms. The van der Waals surface area contributed by atoms with Gasteiger partial charge in [0.1, 0.15) is 0 Å². The molecule has 0 amide bonds. The highest BCUT2D eigenvalue weighted by Crippen LogP contribution is 2.20. The van der Waals surface area contributed by atoms with Crippen LogP contribution in [0.3, 0.4) is 0 Å². The summed E-state index contributed by atoms with van der Waals surface area (Å²) in [6, 6.07) is 0. The fourth-order valence-corrected chi connectivity index (χ4v) is 0.886. The normalized spacial score (nSPS) is 14.4. The fourth-order valence-electron chi connectivity index (χ4n) is 0.886. The minimum Gasteiger partial charge on any atom is -0.393 e. The molecule has 3 heteroatoms. The van der Waals surface area contributed by atoms with Gasteiger partial charge in [0.2, 0.25) is 0 Å². The molecule has 0 aromatic rings. The lowest BCUT2D eigenvalue weighted by atomic mass is 9.90. The fraction of sp³-hybridized carbons (Fsp3) is 1.00. The summed E-state index contributed by atoms with van der Waals surface area (Å²) in [5.41, 5.74) is 1.16. The standard InChI is InChI=1S/C7H16O.C6H14O.C6H14.C5H13N/c1-6(8)5-7(2,3)4;1-5(7)6(2,3)4;1-5-6(2,3)4;1-5(2,3)6-4/h6,8H,5H2,1-4H3;5,7H,1-4H3;5H2,1-4H3;6H,1-4H3. The van der Waals surface area contributed by atoms with Gasteiger partial charge in [0.15, 0.2) is 0 Å². The molecule has 0 aliphatic rings. The first-order valence-electron chi connectivity index (χ1n) is 10.5. The molecule has 0 radical (unpaired) electrons. The third-order valence-electron chi connectivity index (χ3n) is 3.97. The lowest BCUT2D eigenvalue weighted by Gasteiger charge is -2.21. The quantitative estimate of drug-likeness (QED) is 0.468. The number of nitrogens with one attached hydrogen (secondary N) is 1. The molecule has 0 rings (SSSR count). The van der Waals surface area contributed by atoms with Crippen molar-refractivity contribution in [1.29, 1.82) is 0 Å². The van der Waals surface area contributed by atoms with Crippen LogP contribution >= 0.6 is 0 Å². The Kier molecular flexibility index (Phi) is 18.9.